The summed E-state index contributed by atoms with van der Waals surface area (Å²) in [7, 11) is 3.50. The maximum absolute atomic E-state index is 12.5. The third-order valence-electron chi connectivity index (χ3n) is 14.1. The molecule has 2 aromatic heterocycles. The van der Waals surface area contributed by atoms with Crippen molar-refractivity contribution in [3.8, 4) is 0 Å². The number of aliphatic imine (C=N–C) groups is 2. The fraction of sp³-hybridized carbons (Fsp3) is 0.655. The molecule has 586 valence electrons. The van der Waals surface area contributed by atoms with Crippen LogP contribution < -0.4 is 132 Å². The number of rotatable bonds is 48. The van der Waals surface area contributed by atoms with Crippen molar-refractivity contribution in [1.29, 1.82) is 0 Å². The van der Waals surface area contributed by atoms with Crippen LogP contribution in [0.25, 0.3) is 0 Å². The summed E-state index contributed by atoms with van der Waals surface area (Å²) in [6.07, 6.45) is 13.3. The molecule has 0 aliphatic carbocycles. The van der Waals surface area contributed by atoms with Gasteiger partial charge in [0.25, 0.3) is 0 Å². The largest absolute Gasteiger partial charge is 2.00 e. The summed E-state index contributed by atoms with van der Waals surface area (Å²) in [6, 6.07) is -8.44. The van der Waals surface area contributed by atoms with Crippen molar-refractivity contribution in [1.82, 2.24) is 61.6 Å². The average Bonchev–Trinajstić information content (AvgIpc) is 1.52. The van der Waals surface area contributed by atoms with Gasteiger partial charge < -0.3 is 160 Å². The van der Waals surface area contributed by atoms with E-state index >= 15 is 0 Å². The van der Waals surface area contributed by atoms with Crippen LogP contribution in [0.15, 0.2) is 35.0 Å². The molecular weight excluding hydrogens is 1440 g/mol. The van der Waals surface area contributed by atoms with Crippen molar-refractivity contribution in [2.45, 2.75) is 164 Å². The summed E-state index contributed by atoms with van der Waals surface area (Å²) >= 11 is 0. The third-order valence-corrected chi connectivity index (χ3v) is 14.1. The third kappa shape index (κ3) is 47.4. The van der Waals surface area contributed by atoms with E-state index in [1.54, 1.807) is 48.3 Å². The summed E-state index contributed by atoms with van der Waals surface area (Å²) in [5, 5.41) is 64.2. The summed E-state index contributed by atoms with van der Waals surface area (Å²) < 4.78 is 3.40. The van der Waals surface area contributed by atoms with Gasteiger partial charge in [0.1, 0.15) is 24.2 Å². The van der Waals surface area contributed by atoms with E-state index in [1.165, 1.54) is 0 Å². The maximum atomic E-state index is 12.5. The Kier molecular flexibility index (Phi) is 58.6. The zero-order valence-corrected chi connectivity index (χ0v) is 59.4. The number of aromatic nitrogens is 4. The second-order valence-electron chi connectivity index (χ2n) is 22.3. The number of aryl methyl sites for hydroxylation is 2. The van der Waals surface area contributed by atoms with Gasteiger partial charge in [-0.3, -0.25) is 48.3 Å². The minimum absolute atomic E-state index is 0. The summed E-state index contributed by atoms with van der Waals surface area (Å²) in [6.45, 7) is 1.10. The molecule has 8 atom stereocenters. The van der Waals surface area contributed by atoms with Gasteiger partial charge in [-0.2, -0.15) is 0 Å². The van der Waals surface area contributed by atoms with Gasteiger partial charge in [-0.05, 0) is 129 Å². The zero-order chi connectivity index (χ0) is 76.1. The second kappa shape index (κ2) is 60.0. The summed E-state index contributed by atoms with van der Waals surface area (Å²) in [5.41, 5.74) is 64.7. The van der Waals surface area contributed by atoms with Gasteiger partial charge in [-0.25, -0.2) is 9.97 Å². The van der Waals surface area contributed by atoms with Crippen LogP contribution in [0.5, 0.6) is 0 Å². The topological polar surface area (TPSA) is 766 Å². The van der Waals surface area contributed by atoms with Crippen molar-refractivity contribution < 1.29 is 112 Å². The number of carbonyl (C=O) groups excluding carboxylic acids is 12. The van der Waals surface area contributed by atoms with E-state index in [9.17, 15) is 78.0 Å². The van der Waals surface area contributed by atoms with E-state index in [2.05, 4.69) is 62.5 Å². The molecule has 0 aliphatic heterocycles. The van der Waals surface area contributed by atoms with Crippen LogP contribution in [0, 0.1) is 0 Å². The number of unbranched alkanes of at least 4 members (excludes halogenated alkanes) is 4. The van der Waals surface area contributed by atoms with E-state index in [0.717, 1.165) is 0 Å². The Morgan fingerprint density at radius 3 is 0.784 bits per heavy atom. The number of imidazole rings is 2. The van der Waals surface area contributed by atoms with Gasteiger partial charge in [-0.1, -0.05) is 0 Å². The number of aliphatic carboxylic acids is 4. The number of guanidine groups is 2. The number of hydrogen-bond acceptors (Lipinski definition) is 28. The number of nitrogens with one attached hydrogen (secondary N) is 8. The molecule has 0 saturated carbocycles. The molecule has 0 saturated heterocycles. The Balaban J connectivity index is -0.000000624. The van der Waals surface area contributed by atoms with Crippen molar-refractivity contribution in [2.75, 3.05) is 65.4 Å². The fourth-order valence-electron chi connectivity index (χ4n) is 8.61. The standard InChI is InChI=1S/2C15H26N6O4.2C14H29N7O4.2Cu/c2*1-21-9-18-8-10(21)6-12(19-13(22)7-17)14(23)20-11(15(24)25)4-2-3-5-16;2*15-6-2-1-4-10(13(24)25)21-12(23)9(20-11(22)8-16)5-3-7-19-14(17)18;;/h2*8-9,11-12H,2-7,16-17H2,1H3,(H,19,22)(H,20,23)(H,24,25);2*9-10H,1-8,15-16H2,(H,20,22)(H,21,23)(H,24,25)(H4,17,18,19);;/q;;;;2*+2/p-4/t2*11-,12-;2*9-,10-;;/m0000../s1. The number of carboxylic acid groups (broad SMARTS) is 4. The van der Waals surface area contributed by atoms with Gasteiger partial charge >= 0.3 is 34.1 Å². The molecule has 2 heterocycles. The molecule has 2 rings (SSSR count). The number of carboxylic acids is 4. The minimum Gasteiger partial charge on any atom is -0.548 e. The molecule has 32 N–H and O–H groups in total. The molecule has 2 aromatic rings. The molecule has 0 fully saturated rings. The smallest absolute Gasteiger partial charge is 0.548 e. The number of nitrogens with two attached hydrogens (primary N) is 12. The first-order valence-electron chi connectivity index (χ1n) is 32.2. The van der Waals surface area contributed by atoms with Crippen molar-refractivity contribution in [2.24, 2.45) is 92.9 Å². The molecule has 0 bridgehead atoms. The van der Waals surface area contributed by atoms with Gasteiger partial charge in [0, 0.05) is 63.8 Å². The van der Waals surface area contributed by atoms with Crippen molar-refractivity contribution in [3.63, 3.8) is 0 Å². The van der Waals surface area contributed by atoms with Crippen LogP contribution in [0.1, 0.15) is 114 Å². The Bertz CT molecular complexity index is 2680. The average molecular weight is 1550 g/mol. The predicted molar refractivity (Wildman–Crippen MR) is 357 cm³/mol. The van der Waals surface area contributed by atoms with Crippen LogP contribution in [0.2, 0.25) is 0 Å². The Morgan fingerprint density at radius 1 is 0.363 bits per heavy atom. The monoisotopic (exact) mass is 1550 g/mol. The Morgan fingerprint density at radius 2 is 0.588 bits per heavy atom. The summed E-state index contributed by atoms with van der Waals surface area (Å²) in [4.78, 5) is 156. The molecule has 0 aromatic carbocycles. The Hall–Kier alpha value is -8.68. The van der Waals surface area contributed by atoms with Crippen LogP contribution >= 0.6 is 0 Å². The maximum Gasteiger partial charge on any atom is 2.00 e. The van der Waals surface area contributed by atoms with Crippen molar-refractivity contribution in [3.05, 3.63) is 36.4 Å². The van der Waals surface area contributed by atoms with Gasteiger partial charge in [0.05, 0.1) is 86.9 Å². The van der Waals surface area contributed by atoms with Crippen molar-refractivity contribution >= 4 is 83.1 Å². The molecular formula is C58H106Cu2N26O16. The first-order valence-corrected chi connectivity index (χ1v) is 32.2. The SMILES string of the molecule is Cn1cncc1C[C@H](NC(=O)CN)C(=O)N[C@@H](CCCCN)C(=O)[O-].Cn1cncc1C[C@H](NC(=O)CN)C(=O)N[C@@H](CCCCN)C(=O)[O-].NCCCC[C@H](NC(=O)[C@H](CCCN=C(N)N)NC(=O)CN)C(=O)[O-].NCCCC[C@H](NC(=O)[C@H](CCCN=C(N)N)NC(=O)CN)C(=O)[O-].[Cu+2].[Cu+2]. The van der Waals surface area contributed by atoms with E-state index in [0.29, 0.717) is 102 Å². The van der Waals surface area contributed by atoms with Crippen LogP contribution in [0.3, 0.4) is 0 Å². The molecule has 102 heavy (non-hydrogen) atoms. The van der Waals surface area contributed by atoms with Crippen LogP contribution in [-0.4, -0.2) is 216 Å². The van der Waals surface area contributed by atoms with Gasteiger partial charge in [0.15, 0.2) is 11.9 Å². The molecule has 44 heteroatoms. The number of nitrogens with zero attached hydrogens (tertiary/aromatic N) is 6. The molecule has 2 radical (unpaired) electrons. The van der Waals surface area contributed by atoms with E-state index in [1.807, 2.05) is 0 Å². The minimum atomic E-state index is -1.39. The fourth-order valence-corrected chi connectivity index (χ4v) is 8.61. The molecule has 0 spiro atoms. The van der Waals surface area contributed by atoms with Gasteiger partial charge in [-0.15, -0.1) is 0 Å². The normalized spacial score (nSPS) is 12.6. The quantitative estimate of drug-likeness (QED) is 0.0127. The zero-order valence-electron chi connectivity index (χ0n) is 57.5. The van der Waals surface area contributed by atoms with Crippen LogP contribution in [-0.2, 0) is 119 Å². The molecule has 8 amide bonds. The van der Waals surface area contributed by atoms with E-state index in [-0.39, 0.29) is 137 Å². The first-order chi connectivity index (χ1) is 47.4. The van der Waals surface area contributed by atoms with Crippen LogP contribution in [0.4, 0.5) is 0 Å². The first kappa shape index (κ1) is 99.7. The molecule has 0 unspecified atom stereocenters. The number of amides is 8. The molecule has 0 aliphatic rings. The number of hydrogen-bond donors (Lipinski definition) is 20. The molecule has 42 nitrogen and oxygen atoms in total. The van der Waals surface area contributed by atoms with E-state index < -0.39 is 119 Å². The van der Waals surface area contributed by atoms with E-state index in [4.69, 9.17) is 68.8 Å². The number of carbonyl (C=O) groups is 12. The second-order valence-corrected chi connectivity index (χ2v) is 22.3. The van der Waals surface area contributed by atoms with Gasteiger partial charge in [0.2, 0.25) is 47.3 Å². The Labute approximate surface area is 612 Å². The predicted octanol–water partition coefficient (Wildman–Crippen LogP) is -14.8. The summed E-state index contributed by atoms with van der Waals surface area (Å²) in [5.74, 6) is -10.3.